The van der Waals surface area contributed by atoms with E-state index in [4.69, 9.17) is 11.5 Å². The zero-order valence-corrected chi connectivity index (χ0v) is 7.83. The summed E-state index contributed by atoms with van der Waals surface area (Å²) in [6.07, 6.45) is 6.54. The first-order chi connectivity index (χ1) is 6.24. The van der Waals surface area contributed by atoms with E-state index in [1.807, 2.05) is 25.1 Å². The van der Waals surface area contributed by atoms with Crippen LogP contribution in [0.1, 0.15) is 17.7 Å². The van der Waals surface area contributed by atoms with Gasteiger partial charge in [-0.2, -0.15) is 0 Å². The molecule has 1 aromatic heterocycles. The third-order valence-corrected chi connectivity index (χ3v) is 1.75. The van der Waals surface area contributed by atoms with Crippen LogP contribution in [-0.2, 0) is 0 Å². The molecule has 1 rings (SSSR count). The number of anilines is 1. The van der Waals surface area contributed by atoms with Crippen LogP contribution in [0.3, 0.4) is 0 Å². The molecule has 3 heteroatoms. The van der Waals surface area contributed by atoms with Crippen LogP contribution >= 0.6 is 0 Å². The van der Waals surface area contributed by atoms with Gasteiger partial charge in [0.15, 0.2) is 0 Å². The summed E-state index contributed by atoms with van der Waals surface area (Å²) in [6.45, 7) is 2.66. The van der Waals surface area contributed by atoms with Crippen LogP contribution in [-0.4, -0.2) is 11.5 Å². The molecule has 0 spiro atoms. The molecular formula is C10H15N3. The predicted octanol–water partition coefficient (Wildman–Crippen LogP) is 1.33. The summed E-state index contributed by atoms with van der Waals surface area (Å²) in [6, 6.07) is 1.91. The fourth-order valence-electron chi connectivity index (χ4n) is 1.07. The summed E-state index contributed by atoms with van der Waals surface area (Å²) in [5.74, 6) is 0. The largest absolute Gasteiger partial charge is 0.397 e. The number of hydrogen-bond donors (Lipinski definition) is 2. The lowest BCUT2D eigenvalue weighted by Gasteiger charge is -1.99. The number of nitrogens with two attached hydrogens (primary N) is 2. The van der Waals surface area contributed by atoms with Gasteiger partial charge >= 0.3 is 0 Å². The molecule has 0 aliphatic carbocycles. The van der Waals surface area contributed by atoms with Crippen molar-refractivity contribution in [2.75, 3.05) is 12.3 Å². The third-order valence-electron chi connectivity index (χ3n) is 1.75. The number of pyridine rings is 1. The van der Waals surface area contributed by atoms with Gasteiger partial charge in [-0.15, -0.1) is 0 Å². The number of nitrogens with zero attached hydrogens (tertiary/aromatic N) is 1. The maximum atomic E-state index is 5.58. The van der Waals surface area contributed by atoms with Gasteiger partial charge < -0.3 is 11.5 Å². The lowest BCUT2D eigenvalue weighted by atomic mass is 10.2. The van der Waals surface area contributed by atoms with Gasteiger partial charge in [0, 0.05) is 0 Å². The van der Waals surface area contributed by atoms with Gasteiger partial charge in [-0.3, -0.25) is 4.98 Å². The topological polar surface area (TPSA) is 64.9 Å². The first-order valence-electron chi connectivity index (χ1n) is 4.33. The molecule has 0 saturated heterocycles. The Morgan fingerprint density at radius 3 is 2.92 bits per heavy atom. The van der Waals surface area contributed by atoms with Crippen LogP contribution in [0.15, 0.2) is 18.3 Å². The average Bonchev–Trinajstić information content (AvgIpc) is 2.09. The Morgan fingerprint density at radius 2 is 2.31 bits per heavy atom. The minimum Gasteiger partial charge on any atom is -0.397 e. The quantitative estimate of drug-likeness (QED) is 0.732. The molecule has 0 aliphatic rings. The Labute approximate surface area is 78.5 Å². The molecule has 13 heavy (non-hydrogen) atoms. The standard InChI is InChI=1S/C10H15N3/c1-8-6-9(12)7-13-10(8)4-2-3-5-11/h2,4,6-7H,3,5,11-12H2,1H3. The van der Waals surface area contributed by atoms with Crippen molar-refractivity contribution in [3.8, 4) is 0 Å². The van der Waals surface area contributed by atoms with Crippen molar-refractivity contribution in [1.29, 1.82) is 0 Å². The van der Waals surface area contributed by atoms with E-state index in [1.165, 1.54) is 0 Å². The van der Waals surface area contributed by atoms with Crippen molar-refractivity contribution in [2.45, 2.75) is 13.3 Å². The molecule has 0 aromatic carbocycles. The molecule has 1 aromatic rings. The monoisotopic (exact) mass is 177 g/mol. The van der Waals surface area contributed by atoms with Crippen molar-refractivity contribution in [3.63, 3.8) is 0 Å². The molecule has 0 bridgehead atoms. The zero-order chi connectivity index (χ0) is 9.68. The smallest absolute Gasteiger partial charge is 0.0657 e. The van der Waals surface area contributed by atoms with Crippen LogP contribution in [0.25, 0.3) is 6.08 Å². The molecule has 70 valence electrons. The van der Waals surface area contributed by atoms with Crippen LogP contribution < -0.4 is 11.5 Å². The summed E-state index contributed by atoms with van der Waals surface area (Å²) < 4.78 is 0. The lowest BCUT2D eigenvalue weighted by molar-refractivity contribution is 1.01. The minimum atomic E-state index is 0.671. The van der Waals surface area contributed by atoms with E-state index >= 15 is 0 Å². The molecule has 1 heterocycles. The lowest BCUT2D eigenvalue weighted by Crippen LogP contribution is -1.95. The Morgan fingerprint density at radius 1 is 1.54 bits per heavy atom. The fraction of sp³-hybridized carbons (Fsp3) is 0.300. The molecule has 3 nitrogen and oxygen atoms in total. The predicted molar refractivity (Wildman–Crippen MR) is 56.1 cm³/mol. The molecule has 0 amide bonds. The van der Waals surface area contributed by atoms with E-state index in [0.29, 0.717) is 12.2 Å². The highest BCUT2D eigenvalue weighted by molar-refractivity contribution is 5.52. The van der Waals surface area contributed by atoms with Gasteiger partial charge in [0.1, 0.15) is 0 Å². The van der Waals surface area contributed by atoms with Gasteiger partial charge in [-0.05, 0) is 37.6 Å². The van der Waals surface area contributed by atoms with E-state index in [-0.39, 0.29) is 0 Å². The molecule has 0 saturated carbocycles. The van der Waals surface area contributed by atoms with Crippen molar-refractivity contribution >= 4 is 11.8 Å². The number of rotatable bonds is 3. The SMILES string of the molecule is Cc1cc(N)cnc1C=CCCN. The number of aromatic nitrogens is 1. The molecular weight excluding hydrogens is 162 g/mol. The van der Waals surface area contributed by atoms with E-state index in [2.05, 4.69) is 4.98 Å². The number of hydrogen-bond acceptors (Lipinski definition) is 3. The second-order valence-electron chi connectivity index (χ2n) is 2.95. The normalized spacial score (nSPS) is 10.9. The van der Waals surface area contributed by atoms with E-state index in [0.717, 1.165) is 17.7 Å². The second-order valence-corrected chi connectivity index (χ2v) is 2.95. The maximum absolute atomic E-state index is 5.58. The Kier molecular flexibility index (Phi) is 3.46. The molecule has 0 unspecified atom stereocenters. The Bertz CT molecular complexity index is 305. The maximum Gasteiger partial charge on any atom is 0.0657 e. The minimum absolute atomic E-state index is 0.671. The van der Waals surface area contributed by atoms with Crippen molar-refractivity contribution < 1.29 is 0 Å². The second kappa shape index (κ2) is 4.62. The summed E-state index contributed by atoms with van der Waals surface area (Å²) >= 11 is 0. The number of aryl methyl sites for hydroxylation is 1. The third kappa shape index (κ3) is 2.87. The van der Waals surface area contributed by atoms with Crippen molar-refractivity contribution in [2.24, 2.45) is 5.73 Å². The van der Waals surface area contributed by atoms with Gasteiger partial charge in [-0.1, -0.05) is 6.08 Å². The highest BCUT2D eigenvalue weighted by Crippen LogP contribution is 2.10. The van der Waals surface area contributed by atoms with Crippen molar-refractivity contribution in [1.82, 2.24) is 4.98 Å². The van der Waals surface area contributed by atoms with Gasteiger partial charge in [0.05, 0.1) is 17.6 Å². The van der Waals surface area contributed by atoms with E-state index in [1.54, 1.807) is 6.20 Å². The molecule has 0 radical (unpaired) electrons. The average molecular weight is 177 g/mol. The molecule has 0 fully saturated rings. The first-order valence-corrected chi connectivity index (χ1v) is 4.33. The summed E-state index contributed by atoms with van der Waals surface area (Å²) in [5.41, 5.74) is 13.7. The highest BCUT2D eigenvalue weighted by Gasteiger charge is 1.94. The van der Waals surface area contributed by atoms with Crippen LogP contribution in [0, 0.1) is 6.92 Å². The zero-order valence-electron chi connectivity index (χ0n) is 7.83. The first kappa shape index (κ1) is 9.74. The van der Waals surface area contributed by atoms with E-state index < -0.39 is 0 Å². The van der Waals surface area contributed by atoms with Gasteiger partial charge in [0.2, 0.25) is 0 Å². The van der Waals surface area contributed by atoms with Crippen LogP contribution in [0.5, 0.6) is 0 Å². The fourth-order valence-corrected chi connectivity index (χ4v) is 1.07. The van der Waals surface area contributed by atoms with Crippen LogP contribution in [0.4, 0.5) is 5.69 Å². The molecule has 4 N–H and O–H groups in total. The number of nitrogen functional groups attached to an aromatic ring is 1. The van der Waals surface area contributed by atoms with Gasteiger partial charge in [-0.25, -0.2) is 0 Å². The molecule has 0 aliphatic heterocycles. The molecule has 0 atom stereocenters. The van der Waals surface area contributed by atoms with E-state index in [9.17, 15) is 0 Å². The Balaban J connectivity index is 2.77. The summed E-state index contributed by atoms with van der Waals surface area (Å²) in [5, 5.41) is 0. The summed E-state index contributed by atoms with van der Waals surface area (Å²) in [4.78, 5) is 4.20. The van der Waals surface area contributed by atoms with Crippen LogP contribution in [0.2, 0.25) is 0 Å². The van der Waals surface area contributed by atoms with Gasteiger partial charge in [0.25, 0.3) is 0 Å². The highest BCUT2D eigenvalue weighted by atomic mass is 14.7. The Hall–Kier alpha value is -1.35. The summed E-state index contributed by atoms with van der Waals surface area (Å²) in [7, 11) is 0. The van der Waals surface area contributed by atoms with Crippen molar-refractivity contribution in [3.05, 3.63) is 29.6 Å².